The molecule has 0 spiro atoms. The lowest BCUT2D eigenvalue weighted by Gasteiger charge is -2.26. The summed E-state index contributed by atoms with van der Waals surface area (Å²) in [4.78, 5) is 37.3. The molecule has 2 atom stereocenters. The molecule has 75 heavy (non-hydrogen) atoms. The van der Waals surface area contributed by atoms with Crippen LogP contribution in [0.1, 0.15) is 219 Å². The quantitative estimate of drug-likeness (QED) is 0.0195. The van der Waals surface area contributed by atoms with E-state index in [9.17, 15) is 19.5 Å². The Labute approximate surface area is 459 Å². The number of carboxylic acids is 1. The molecule has 0 N–H and O–H groups in total. The maximum atomic E-state index is 12.8. The van der Waals surface area contributed by atoms with Gasteiger partial charge in [0.05, 0.1) is 40.3 Å². The van der Waals surface area contributed by atoms with Crippen molar-refractivity contribution in [2.75, 3.05) is 47.5 Å². The van der Waals surface area contributed by atoms with E-state index in [0.29, 0.717) is 17.4 Å². The number of esters is 2. The molecule has 0 heterocycles. The van der Waals surface area contributed by atoms with Gasteiger partial charge in [-0.15, -0.1) is 0 Å². The highest BCUT2D eigenvalue weighted by Crippen LogP contribution is 2.15. The molecule has 0 fully saturated rings. The molecule has 0 radical (unpaired) electrons. The van der Waals surface area contributed by atoms with Crippen molar-refractivity contribution < 1.29 is 42.9 Å². The summed E-state index contributed by atoms with van der Waals surface area (Å²) in [5.74, 6) is -2.35. The number of quaternary nitrogens is 1. The molecule has 2 unspecified atom stereocenters. The van der Waals surface area contributed by atoms with E-state index in [-0.39, 0.29) is 38.6 Å². The van der Waals surface area contributed by atoms with Crippen LogP contribution in [0.25, 0.3) is 0 Å². The maximum absolute atomic E-state index is 12.8. The third kappa shape index (κ3) is 57.2. The summed E-state index contributed by atoms with van der Waals surface area (Å²) in [6.07, 6.45) is 75.4. The van der Waals surface area contributed by atoms with Crippen molar-refractivity contribution in [3.8, 4) is 0 Å². The van der Waals surface area contributed by atoms with Gasteiger partial charge in [0.25, 0.3) is 0 Å². The zero-order valence-corrected chi connectivity index (χ0v) is 48.4. The molecular weight excluding hydrogens is 935 g/mol. The van der Waals surface area contributed by atoms with E-state index >= 15 is 0 Å². The van der Waals surface area contributed by atoms with E-state index in [1.54, 1.807) is 0 Å². The number of aliphatic carboxylic acids is 1. The van der Waals surface area contributed by atoms with Crippen molar-refractivity contribution in [1.82, 2.24) is 0 Å². The van der Waals surface area contributed by atoms with Gasteiger partial charge in [-0.05, 0) is 89.9 Å². The zero-order chi connectivity index (χ0) is 54.8. The molecule has 0 aromatic carbocycles. The fourth-order valence-corrected chi connectivity index (χ4v) is 7.68. The largest absolute Gasteiger partial charge is 0.545 e. The third-order valence-corrected chi connectivity index (χ3v) is 12.2. The number of unbranched alkanes of at least 4 members (excludes halogenated alkanes) is 18. The number of ether oxygens (including phenoxy) is 4. The van der Waals surface area contributed by atoms with Crippen molar-refractivity contribution in [1.29, 1.82) is 0 Å². The smallest absolute Gasteiger partial charge is 0.306 e. The minimum absolute atomic E-state index is 0.134. The summed E-state index contributed by atoms with van der Waals surface area (Å²) in [5, 5.41) is 11.8. The number of allylic oxidation sites excluding steroid dienone is 20. The lowest BCUT2D eigenvalue weighted by Crippen LogP contribution is -2.44. The minimum Gasteiger partial charge on any atom is -0.545 e. The van der Waals surface area contributed by atoms with E-state index in [2.05, 4.69) is 135 Å². The predicted octanol–water partition coefficient (Wildman–Crippen LogP) is 16.3. The molecule has 0 amide bonds. The first kappa shape index (κ1) is 70.7. The van der Waals surface area contributed by atoms with Crippen LogP contribution in [0.5, 0.6) is 0 Å². The van der Waals surface area contributed by atoms with Crippen LogP contribution < -0.4 is 5.11 Å². The van der Waals surface area contributed by atoms with E-state index < -0.39 is 24.3 Å². The van der Waals surface area contributed by atoms with Gasteiger partial charge < -0.3 is 33.3 Å². The van der Waals surface area contributed by atoms with Gasteiger partial charge in [0.2, 0.25) is 0 Å². The Balaban J connectivity index is 4.35. The molecule has 9 heteroatoms. The lowest BCUT2D eigenvalue weighted by atomic mass is 10.0. The number of rotatable bonds is 53. The lowest BCUT2D eigenvalue weighted by molar-refractivity contribution is -0.870. The monoisotopic (exact) mass is 1040 g/mol. The summed E-state index contributed by atoms with van der Waals surface area (Å²) < 4.78 is 22.6. The zero-order valence-electron chi connectivity index (χ0n) is 48.4. The maximum Gasteiger partial charge on any atom is 0.306 e. The normalized spacial score (nSPS) is 13.7. The molecule has 9 nitrogen and oxygen atoms in total. The van der Waals surface area contributed by atoms with Gasteiger partial charge in [0.15, 0.2) is 12.4 Å². The van der Waals surface area contributed by atoms with Crippen LogP contribution in [0.2, 0.25) is 0 Å². The van der Waals surface area contributed by atoms with Crippen LogP contribution in [0.15, 0.2) is 122 Å². The first-order valence-electron chi connectivity index (χ1n) is 29.7. The highest BCUT2D eigenvalue weighted by molar-refractivity contribution is 5.70. The Bertz CT molecular complexity index is 1640. The Morgan fingerprint density at radius 1 is 0.413 bits per heavy atom. The number of carbonyl (C=O) groups excluding carboxylic acids is 3. The fourth-order valence-electron chi connectivity index (χ4n) is 7.68. The molecule has 0 bridgehead atoms. The van der Waals surface area contributed by atoms with Crippen molar-refractivity contribution in [3.63, 3.8) is 0 Å². The van der Waals surface area contributed by atoms with Crippen molar-refractivity contribution in [2.24, 2.45) is 0 Å². The number of hydrogen-bond acceptors (Lipinski definition) is 8. The van der Waals surface area contributed by atoms with Gasteiger partial charge in [0, 0.05) is 12.8 Å². The Hall–Kier alpha value is -4.31. The fraction of sp³-hybridized carbons (Fsp3) is 0.652. The average molecular weight is 1040 g/mol. The highest BCUT2D eigenvalue weighted by Gasteiger charge is 2.22. The number of likely N-dealkylation sites (N-methyl/N-ethyl adjacent to an activating group) is 1. The second kappa shape index (κ2) is 55.9. The van der Waals surface area contributed by atoms with E-state index in [0.717, 1.165) is 96.3 Å². The van der Waals surface area contributed by atoms with Gasteiger partial charge in [-0.1, -0.05) is 238 Å². The SMILES string of the molecule is CC/C=C\C/C=C\C/C=C\C/C=C\C/C=C\C/C=C\C/C=C\C/C=C\C/C=C\C/C=C\CCCCC(=O)OC(COC(=O)CCCCCCCCCCCCCCCCCCC)COC(OCC[N+](C)(C)C)C(=O)[O-]. The molecule has 0 aromatic rings. The van der Waals surface area contributed by atoms with Crippen LogP contribution in [-0.4, -0.2) is 82.3 Å². The highest BCUT2D eigenvalue weighted by atomic mass is 16.7. The third-order valence-electron chi connectivity index (χ3n) is 12.2. The van der Waals surface area contributed by atoms with Crippen LogP contribution >= 0.6 is 0 Å². The van der Waals surface area contributed by atoms with Gasteiger partial charge in [-0.3, -0.25) is 9.59 Å². The number of carboxylic acid groups (broad SMARTS) is 1. The average Bonchev–Trinajstić information content (AvgIpc) is 3.38. The topological polar surface area (TPSA) is 111 Å². The first-order valence-corrected chi connectivity index (χ1v) is 29.7. The van der Waals surface area contributed by atoms with Crippen molar-refractivity contribution in [2.45, 2.75) is 232 Å². The Morgan fingerprint density at radius 2 is 0.760 bits per heavy atom. The van der Waals surface area contributed by atoms with Crippen LogP contribution in [-0.2, 0) is 33.3 Å². The van der Waals surface area contributed by atoms with E-state index in [1.165, 1.54) is 89.9 Å². The predicted molar refractivity (Wildman–Crippen MR) is 315 cm³/mol. The Kier molecular flexibility index (Phi) is 52.7. The van der Waals surface area contributed by atoms with Crippen LogP contribution in [0.3, 0.4) is 0 Å². The van der Waals surface area contributed by atoms with Gasteiger partial charge >= 0.3 is 11.9 Å². The Morgan fingerprint density at radius 3 is 1.13 bits per heavy atom. The number of hydrogen-bond donors (Lipinski definition) is 0. The van der Waals surface area contributed by atoms with Crippen molar-refractivity contribution >= 4 is 17.9 Å². The first-order chi connectivity index (χ1) is 36.6. The minimum atomic E-state index is -1.64. The molecule has 0 rings (SSSR count). The molecule has 0 aromatic heterocycles. The molecule has 0 saturated heterocycles. The summed E-state index contributed by atoms with van der Waals surface area (Å²) in [5.41, 5.74) is 0. The molecule has 0 aliphatic carbocycles. The molecule has 0 aliphatic heterocycles. The van der Waals surface area contributed by atoms with Gasteiger partial charge in [-0.25, -0.2) is 0 Å². The van der Waals surface area contributed by atoms with E-state index in [1.807, 2.05) is 21.1 Å². The number of nitrogens with zero attached hydrogens (tertiary/aromatic N) is 1. The molecule has 0 aliphatic rings. The second-order valence-corrected chi connectivity index (χ2v) is 20.6. The van der Waals surface area contributed by atoms with Crippen LogP contribution in [0, 0.1) is 0 Å². The summed E-state index contributed by atoms with van der Waals surface area (Å²) >= 11 is 0. The second-order valence-electron chi connectivity index (χ2n) is 20.6. The summed E-state index contributed by atoms with van der Waals surface area (Å²) in [6.45, 7) is 4.58. The van der Waals surface area contributed by atoms with Crippen LogP contribution in [0.4, 0.5) is 0 Å². The van der Waals surface area contributed by atoms with Crippen molar-refractivity contribution in [3.05, 3.63) is 122 Å². The number of carbonyl (C=O) groups is 3. The molecule has 426 valence electrons. The molecule has 0 saturated carbocycles. The summed E-state index contributed by atoms with van der Waals surface area (Å²) in [7, 11) is 5.90. The van der Waals surface area contributed by atoms with Gasteiger partial charge in [0.1, 0.15) is 13.2 Å². The van der Waals surface area contributed by atoms with Gasteiger partial charge in [-0.2, -0.15) is 0 Å². The van der Waals surface area contributed by atoms with E-state index in [4.69, 9.17) is 18.9 Å². The molecular formula is C66H109NO8. The standard InChI is InChI=1S/C66H109NO8/c1-6-8-10-12-14-16-18-20-22-24-25-26-27-28-29-30-31-32-33-34-35-36-37-38-39-41-43-45-47-49-51-53-55-57-64(69)75-62(61-74-66(65(70)71)72-59-58-67(3,4)5)60-73-63(68)56-54-52-50-48-46-44-42-40-23-21-19-17-15-13-11-9-7-2/h8,10,14,16,20,22,25-26,28-29,31-32,34-35,37-38,41,43,47,49,62,66H,6-7,9,11-13,15,17-19,21,23-24,27,30,33,36,39-40,42,44-46,48,50-61H2,1-5H3/b10-8-,16-14-,22-20-,26-25-,29-28-,32-31-,35-34-,38-37-,43-41-,49-47-. The summed E-state index contributed by atoms with van der Waals surface area (Å²) in [6, 6.07) is 0.